The lowest BCUT2D eigenvalue weighted by Gasteiger charge is -1.96. The Labute approximate surface area is 118 Å². The van der Waals surface area contributed by atoms with Gasteiger partial charge in [0.05, 0.1) is 11.6 Å². The van der Waals surface area contributed by atoms with Gasteiger partial charge < -0.3 is 0 Å². The molecule has 1 aromatic carbocycles. The summed E-state index contributed by atoms with van der Waals surface area (Å²) in [4.78, 5) is 8.78. The zero-order valence-corrected chi connectivity index (χ0v) is 11.0. The molecule has 4 rings (SSSR count). The summed E-state index contributed by atoms with van der Waals surface area (Å²) in [6.45, 7) is 0. The molecule has 0 aliphatic rings. The van der Waals surface area contributed by atoms with Crippen molar-refractivity contribution in [1.29, 1.82) is 0 Å². The Morgan fingerprint density at radius 1 is 1.20 bits per heavy atom. The van der Waals surface area contributed by atoms with Crippen molar-refractivity contribution >= 4 is 28.3 Å². The second kappa shape index (κ2) is 4.28. The standard InChI is InChI=1S/C13H9ClN6/c14-9-3-1-8(2-4-9)5-11-17-13-10-6-16-18-12(10)15-7-20(13)19-11/h1-4,6-7H,5H2,(H,16,18). The fraction of sp³-hybridized carbons (Fsp3) is 0.0769. The normalized spacial score (nSPS) is 11.4. The minimum atomic E-state index is 0.651. The molecular formula is C13H9ClN6. The van der Waals surface area contributed by atoms with Crippen LogP contribution in [0.1, 0.15) is 11.4 Å². The molecule has 1 N–H and O–H groups in total. The van der Waals surface area contributed by atoms with E-state index in [2.05, 4.69) is 25.3 Å². The molecule has 0 saturated carbocycles. The Balaban J connectivity index is 1.78. The molecule has 3 aromatic heterocycles. The van der Waals surface area contributed by atoms with E-state index in [-0.39, 0.29) is 0 Å². The number of H-pyrrole nitrogens is 1. The molecule has 0 spiro atoms. The number of fused-ring (bicyclic) bond motifs is 3. The fourth-order valence-electron chi connectivity index (χ4n) is 2.15. The number of hydrogen-bond acceptors (Lipinski definition) is 4. The fourth-order valence-corrected chi connectivity index (χ4v) is 2.27. The lowest BCUT2D eigenvalue weighted by molar-refractivity contribution is 0.882. The predicted molar refractivity (Wildman–Crippen MR) is 74.7 cm³/mol. The van der Waals surface area contributed by atoms with Crippen LogP contribution in [0.5, 0.6) is 0 Å². The summed E-state index contributed by atoms with van der Waals surface area (Å²) in [6.07, 6.45) is 3.99. The largest absolute Gasteiger partial charge is 0.261 e. The van der Waals surface area contributed by atoms with Crippen LogP contribution in [0.4, 0.5) is 0 Å². The van der Waals surface area contributed by atoms with Gasteiger partial charge in [-0.05, 0) is 17.7 Å². The Morgan fingerprint density at radius 2 is 2.05 bits per heavy atom. The number of nitrogens with one attached hydrogen (secondary N) is 1. The average Bonchev–Trinajstić information content (AvgIpc) is 3.06. The number of nitrogens with zero attached hydrogens (tertiary/aromatic N) is 5. The monoisotopic (exact) mass is 284 g/mol. The maximum atomic E-state index is 5.88. The van der Waals surface area contributed by atoms with Crippen molar-refractivity contribution in [2.45, 2.75) is 6.42 Å². The van der Waals surface area contributed by atoms with Gasteiger partial charge in [-0.15, -0.1) is 5.10 Å². The van der Waals surface area contributed by atoms with E-state index < -0.39 is 0 Å². The number of aromatic amines is 1. The van der Waals surface area contributed by atoms with Crippen LogP contribution in [0.15, 0.2) is 36.8 Å². The van der Waals surface area contributed by atoms with Crippen molar-refractivity contribution in [2.24, 2.45) is 0 Å². The maximum Gasteiger partial charge on any atom is 0.170 e. The quantitative estimate of drug-likeness (QED) is 0.613. The van der Waals surface area contributed by atoms with Gasteiger partial charge in [0.15, 0.2) is 17.1 Å². The molecule has 6 nitrogen and oxygen atoms in total. The summed E-state index contributed by atoms with van der Waals surface area (Å²) < 4.78 is 1.67. The molecule has 0 unspecified atom stereocenters. The van der Waals surface area contributed by atoms with Crippen molar-refractivity contribution in [2.75, 3.05) is 0 Å². The van der Waals surface area contributed by atoms with Gasteiger partial charge in [-0.3, -0.25) is 5.10 Å². The van der Waals surface area contributed by atoms with E-state index >= 15 is 0 Å². The molecule has 0 atom stereocenters. The second-order valence-corrected chi connectivity index (χ2v) is 4.91. The van der Waals surface area contributed by atoms with E-state index in [1.165, 1.54) is 0 Å². The van der Waals surface area contributed by atoms with Gasteiger partial charge in [-0.25, -0.2) is 14.5 Å². The third-order valence-electron chi connectivity index (χ3n) is 3.11. The molecule has 0 bridgehead atoms. The van der Waals surface area contributed by atoms with Crippen LogP contribution in [0.3, 0.4) is 0 Å². The molecular weight excluding hydrogens is 276 g/mol. The lowest BCUT2D eigenvalue weighted by atomic mass is 10.1. The van der Waals surface area contributed by atoms with Gasteiger partial charge in [0.1, 0.15) is 6.33 Å². The highest BCUT2D eigenvalue weighted by atomic mass is 35.5. The zero-order valence-electron chi connectivity index (χ0n) is 10.3. The molecule has 20 heavy (non-hydrogen) atoms. The summed E-state index contributed by atoms with van der Waals surface area (Å²) in [5, 5.41) is 12.8. The summed E-state index contributed by atoms with van der Waals surface area (Å²) in [5.41, 5.74) is 2.58. The first-order valence-electron chi connectivity index (χ1n) is 6.07. The zero-order chi connectivity index (χ0) is 13.5. The topological polar surface area (TPSA) is 71.8 Å². The number of aromatic nitrogens is 6. The molecule has 98 valence electrons. The molecule has 0 aliphatic heterocycles. The van der Waals surface area contributed by atoms with Crippen LogP contribution in [0, 0.1) is 0 Å². The van der Waals surface area contributed by atoms with Crippen LogP contribution in [0.25, 0.3) is 16.7 Å². The maximum absolute atomic E-state index is 5.88. The van der Waals surface area contributed by atoms with Gasteiger partial charge >= 0.3 is 0 Å². The van der Waals surface area contributed by atoms with E-state index in [1.54, 1.807) is 17.0 Å². The summed E-state index contributed by atoms with van der Waals surface area (Å²) in [7, 11) is 0. The third kappa shape index (κ3) is 1.81. The predicted octanol–water partition coefficient (Wildman–Crippen LogP) is 2.24. The molecule has 0 aliphatic carbocycles. The van der Waals surface area contributed by atoms with Gasteiger partial charge in [0.2, 0.25) is 0 Å². The SMILES string of the molecule is Clc1ccc(Cc2nc3c4cn[nH]c4ncn3n2)cc1. The summed E-state index contributed by atoms with van der Waals surface area (Å²) >= 11 is 5.88. The minimum absolute atomic E-state index is 0.651. The Hall–Kier alpha value is -2.47. The molecule has 0 amide bonds. The van der Waals surface area contributed by atoms with E-state index in [1.807, 2.05) is 24.3 Å². The van der Waals surface area contributed by atoms with Crippen molar-refractivity contribution in [3.63, 3.8) is 0 Å². The summed E-state index contributed by atoms with van der Waals surface area (Å²) in [6, 6.07) is 7.67. The highest BCUT2D eigenvalue weighted by Crippen LogP contribution is 2.16. The molecule has 0 saturated heterocycles. The van der Waals surface area contributed by atoms with E-state index in [0.29, 0.717) is 12.1 Å². The van der Waals surface area contributed by atoms with Crippen LogP contribution >= 0.6 is 11.6 Å². The van der Waals surface area contributed by atoms with Gasteiger partial charge in [0, 0.05) is 11.4 Å². The number of benzene rings is 1. The van der Waals surface area contributed by atoms with Gasteiger partial charge in [0.25, 0.3) is 0 Å². The number of halogens is 1. The lowest BCUT2D eigenvalue weighted by Crippen LogP contribution is -1.92. The van der Waals surface area contributed by atoms with Crippen LogP contribution < -0.4 is 0 Å². The third-order valence-corrected chi connectivity index (χ3v) is 3.36. The van der Waals surface area contributed by atoms with E-state index in [4.69, 9.17) is 11.6 Å². The van der Waals surface area contributed by atoms with Crippen molar-refractivity contribution < 1.29 is 0 Å². The molecule has 3 heterocycles. The number of rotatable bonds is 2. The highest BCUT2D eigenvalue weighted by Gasteiger charge is 2.09. The van der Waals surface area contributed by atoms with Crippen molar-refractivity contribution in [1.82, 2.24) is 29.8 Å². The minimum Gasteiger partial charge on any atom is -0.261 e. The van der Waals surface area contributed by atoms with Crippen LogP contribution in [0.2, 0.25) is 5.02 Å². The number of hydrogen-bond donors (Lipinski definition) is 1. The highest BCUT2D eigenvalue weighted by molar-refractivity contribution is 6.30. The van der Waals surface area contributed by atoms with Crippen LogP contribution in [-0.4, -0.2) is 29.8 Å². The van der Waals surface area contributed by atoms with Gasteiger partial charge in [-0.2, -0.15) is 5.10 Å². The van der Waals surface area contributed by atoms with Gasteiger partial charge in [-0.1, -0.05) is 23.7 Å². The Bertz CT molecular complexity index is 892. The molecule has 0 radical (unpaired) electrons. The smallest absolute Gasteiger partial charge is 0.170 e. The first kappa shape index (κ1) is 11.4. The Morgan fingerprint density at radius 3 is 2.90 bits per heavy atom. The Kier molecular flexibility index (Phi) is 2.43. The van der Waals surface area contributed by atoms with Crippen LogP contribution in [-0.2, 0) is 6.42 Å². The second-order valence-electron chi connectivity index (χ2n) is 4.48. The first-order chi connectivity index (χ1) is 9.79. The van der Waals surface area contributed by atoms with Crippen molar-refractivity contribution in [3.05, 3.63) is 53.2 Å². The average molecular weight is 285 g/mol. The first-order valence-corrected chi connectivity index (χ1v) is 6.45. The van der Waals surface area contributed by atoms with E-state index in [0.717, 1.165) is 27.4 Å². The molecule has 0 fully saturated rings. The van der Waals surface area contributed by atoms with E-state index in [9.17, 15) is 0 Å². The molecule has 4 aromatic rings. The summed E-state index contributed by atoms with van der Waals surface area (Å²) in [5.74, 6) is 0.739. The molecule has 7 heteroatoms. The van der Waals surface area contributed by atoms with Crippen molar-refractivity contribution in [3.8, 4) is 0 Å².